The maximum atomic E-state index is 7.10. The van der Waals surface area contributed by atoms with Crippen LogP contribution in [0.3, 0.4) is 0 Å². The lowest BCUT2D eigenvalue weighted by molar-refractivity contribution is 1.07. The summed E-state index contributed by atoms with van der Waals surface area (Å²) in [4.78, 5) is 2.52. The molecule has 0 spiro atoms. The van der Waals surface area contributed by atoms with Crippen molar-refractivity contribution in [3.8, 4) is 0 Å². The minimum absolute atomic E-state index is 0.640. The smallest absolute Gasteiger partial charge is 0.118 e. The van der Waals surface area contributed by atoms with Crippen LogP contribution in [0.4, 0.5) is 0 Å². The van der Waals surface area contributed by atoms with Crippen LogP contribution >= 0.6 is 11.8 Å². The minimum Gasteiger partial charge on any atom is -0.384 e. The van der Waals surface area contributed by atoms with Crippen LogP contribution in [0.15, 0.2) is 143 Å². The molecule has 0 unspecified atom stereocenters. The average Bonchev–Trinajstić information content (AvgIpc) is 3.85. The van der Waals surface area contributed by atoms with Gasteiger partial charge in [0.25, 0.3) is 0 Å². The zero-order valence-electron chi connectivity index (χ0n) is 24.6. The molecule has 0 saturated heterocycles. The van der Waals surface area contributed by atoms with E-state index in [0.717, 1.165) is 17.8 Å². The molecular formula is C40H30N4S. The van der Waals surface area contributed by atoms with Crippen LogP contribution in [-0.4, -0.2) is 8.97 Å². The molecule has 4 nitrogen and oxygen atoms in total. The molecule has 0 amide bonds. The first-order valence-corrected chi connectivity index (χ1v) is 16.1. The number of hydrogen-bond donors (Lipinski definition) is 2. The monoisotopic (exact) mass is 598 g/mol. The molecule has 9 aromatic rings. The Morgan fingerprint density at radius 3 is 1.91 bits per heavy atom. The van der Waals surface area contributed by atoms with Gasteiger partial charge in [0.05, 0.1) is 27.6 Å². The van der Waals surface area contributed by atoms with Gasteiger partial charge in [-0.1, -0.05) is 115 Å². The Labute approximate surface area is 264 Å². The van der Waals surface area contributed by atoms with Crippen LogP contribution in [0.25, 0.3) is 65.7 Å². The van der Waals surface area contributed by atoms with Crippen LogP contribution in [0.2, 0.25) is 0 Å². The summed E-state index contributed by atoms with van der Waals surface area (Å²) >= 11 is 1.81. The van der Waals surface area contributed by atoms with Gasteiger partial charge in [0.2, 0.25) is 0 Å². The van der Waals surface area contributed by atoms with E-state index >= 15 is 0 Å². The first-order chi connectivity index (χ1) is 22.2. The summed E-state index contributed by atoms with van der Waals surface area (Å²) in [5.41, 5.74) is 21.1. The van der Waals surface area contributed by atoms with Crippen molar-refractivity contribution >= 4 is 77.5 Å². The Kier molecular flexibility index (Phi) is 5.92. The van der Waals surface area contributed by atoms with E-state index in [1.807, 2.05) is 30.3 Å². The van der Waals surface area contributed by atoms with Crippen molar-refractivity contribution in [2.45, 2.75) is 17.9 Å². The lowest BCUT2D eigenvalue weighted by Crippen LogP contribution is -2.08. The van der Waals surface area contributed by atoms with Gasteiger partial charge in [-0.05, 0) is 41.5 Å². The molecular weight excluding hydrogens is 569 g/mol. The van der Waals surface area contributed by atoms with Crippen molar-refractivity contribution in [2.24, 2.45) is 11.5 Å². The number of aromatic nitrogens is 2. The van der Waals surface area contributed by atoms with Crippen LogP contribution in [-0.2, 0) is 13.0 Å². The first-order valence-electron chi connectivity index (χ1n) is 15.3. The van der Waals surface area contributed by atoms with Crippen molar-refractivity contribution in [3.63, 3.8) is 0 Å². The summed E-state index contributed by atoms with van der Waals surface area (Å²) in [6, 6.07) is 47.3. The highest BCUT2D eigenvalue weighted by molar-refractivity contribution is 8.03. The maximum Gasteiger partial charge on any atom is 0.118 e. The molecule has 0 radical (unpaired) electrons. The summed E-state index contributed by atoms with van der Waals surface area (Å²) in [5, 5.41) is 7.68. The van der Waals surface area contributed by atoms with E-state index in [2.05, 4.69) is 112 Å². The number of nitrogens with zero attached hydrogens (tertiary/aromatic N) is 2. The second-order valence-electron chi connectivity index (χ2n) is 11.6. The zero-order valence-corrected chi connectivity index (χ0v) is 25.4. The molecule has 45 heavy (non-hydrogen) atoms. The molecule has 0 aliphatic carbocycles. The molecule has 1 aliphatic rings. The first kappa shape index (κ1) is 26.2. The molecule has 4 heterocycles. The molecule has 0 saturated carbocycles. The SMILES string of the molecule is N/C(=C1\Cc2ccccc2S1)n1c2ccccc2c2c3c4ccccc4n4c5ccccc5c(cc21)c34.NCc1ccccc1. The second kappa shape index (κ2) is 10.2. The zero-order chi connectivity index (χ0) is 30.1. The van der Waals surface area contributed by atoms with Crippen molar-refractivity contribution < 1.29 is 0 Å². The lowest BCUT2D eigenvalue weighted by atomic mass is 10.0. The van der Waals surface area contributed by atoms with Crippen molar-refractivity contribution in [3.05, 3.63) is 149 Å². The summed E-state index contributed by atoms with van der Waals surface area (Å²) < 4.78 is 4.76. The number of rotatable bonds is 2. The summed E-state index contributed by atoms with van der Waals surface area (Å²) in [7, 11) is 0. The molecule has 10 rings (SSSR count). The largest absolute Gasteiger partial charge is 0.384 e. The topological polar surface area (TPSA) is 61.4 Å². The number of thioether (sulfide) groups is 1. The summed E-state index contributed by atoms with van der Waals surface area (Å²) in [6.07, 6.45) is 0.873. The lowest BCUT2D eigenvalue weighted by Gasteiger charge is -2.11. The molecule has 0 atom stereocenters. The predicted molar refractivity (Wildman–Crippen MR) is 192 cm³/mol. The van der Waals surface area contributed by atoms with Gasteiger partial charge >= 0.3 is 0 Å². The Morgan fingerprint density at radius 1 is 0.600 bits per heavy atom. The highest BCUT2D eigenvalue weighted by atomic mass is 32.2. The maximum absolute atomic E-state index is 7.10. The van der Waals surface area contributed by atoms with E-state index in [4.69, 9.17) is 11.5 Å². The minimum atomic E-state index is 0.640. The number of nitrogens with two attached hydrogens (primary N) is 2. The standard InChI is InChI=1S/C33H21N3S.C7H9N/c34-33(29-17-19-9-1-8-16-28(19)37-29)36-26-15-7-3-11-21(26)30-27(36)18-23-20-10-2-5-13-24(20)35-25-14-6-4-12-22(25)31(30)32(23)35;8-6-7-4-2-1-3-5-7/h1-16,18H,17,34H2;1-5H,6,8H2/b33-29-;. The second-order valence-corrected chi connectivity index (χ2v) is 12.8. The van der Waals surface area contributed by atoms with Gasteiger partial charge in [-0.2, -0.15) is 0 Å². The van der Waals surface area contributed by atoms with E-state index in [-0.39, 0.29) is 0 Å². The van der Waals surface area contributed by atoms with Gasteiger partial charge in [0.15, 0.2) is 0 Å². The molecule has 0 bridgehead atoms. The molecule has 1 aliphatic heterocycles. The summed E-state index contributed by atoms with van der Waals surface area (Å²) in [5.74, 6) is 0.828. The quantitative estimate of drug-likeness (QED) is 0.208. The fraction of sp³-hybridized carbons (Fsp3) is 0.0500. The molecule has 6 aromatic carbocycles. The molecule has 0 fully saturated rings. The van der Waals surface area contributed by atoms with E-state index in [9.17, 15) is 0 Å². The number of benzene rings is 6. The Bertz CT molecular complexity index is 2560. The van der Waals surface area contributed by atoms with Gasteiger partial charge in [-0.3, -0.25) is 4.57 Å². The van der Waals surface area contributed by atoms with Crippen molar-refractivity contribution in [2.75, 3.05) is 0 Å². The van der Waals surface area contributed by atoms with Gasteiger partial charge in [-0.25, -0.2) is 0 Å². The third-order valence-electron chi connectivity index (χ3n) is 9.17. The highest BCUT2D eigenvalue weighted by Crippen LogP contribution is 2.48. The average molecular weight is 599 g/mol. The Balaban J connectivity index is 0.000000310. The van der Waals surface area contributed by atoms with Gasteiger partial charge < -0.3 is 15.9 Å². The van der Waals surface area contributed by atoms with E-state index < -0.39 is 0 Å². The third kappa shape index (κ3) is 3.84. The number of allylic oxidation sites excluding steroid dienone is 1. The van der Waals surface area contributed by atoms with E-state index in [1.54, 1.807) is 11.8 Å². The molecule has 4 N–H and O–H groups in total. The van der Waals surface area contributed by atoms with Gasteiger partial charge in [0.1, 0.15) is 5.82 Å². The fourth-order valence-electron chi connectivity index (χ4n) is 7.20. The molecule has 5 heteroatoms. The van der Waals surface area contributed by atoms with Gasteiger partial charge in [-0.15, -0.1) is 0 Å². The molecule has 3 aromatic heterocycles. The number of para-hydroxylation sites is 3. The Hall–Kier alpha value is -5.23. The number of hydrogen-bond acceptors (Lipinski definition) is 3. The van der Waals surface area contributed by atoms with E-state index in [1.165, 1.54) is 75.3 Å². The number of fused-ring (bicyclic) bond motifs is 11. The normalized spacial score (nSPS) is 14.2. The van der Waals surface area contributed by atoms with Gasteiger partial charge in [0, 0.05) is 55.1 Å². The molecule has 216 valence electrons. The Morgan fingerprint density at radius 2 is 1.20 bits per heavy atom. The van der Waals surface area contributed by atoms with Crippen LogP contribution in [0.5, 0.6) is 0 Å². The fourth-order valence-corrected chi connectivity index (χ4v) is 8.30. The third-order valence-corrected chi connectivity index (χ3v) is 10.4. The van der Waals surface area contributed by atoms with E-state index in [0.29, 0.717) is 6.54 Å². The van der Waals surface area contributed by atoms with Crippen molar-refractivity contribution in [1.82, 2.24) is 8.97 Å². The van der Waals surface area contributed by atoms with Crippen LogP contribution in [0, 0.1) is 0 Å². The van der Waals surface area contributed by atoms with Crippen LogP contribution < -0.4 is 11.5 Å². The highest BCUT2D eigenvalue weighted by Gasteiger charge is 2.26. The summed E-state index contributed by atoms with van der Waals surface area (Å²) in [6.45, 7) is 0.640. The van der Waals surface area contributed by atoms with Crippen molar-refractivity contribution in [1.29, 1.82) is 0 Å². The van der Waals surface area contributed by atoms with Crippen LogP contribution in [0.1, 0.15) is 11.1 Å². The predicted octanol–water partition coefficient (Wildman–Crippen LogP) is 9.52.